The fourth-order valence-corrected chi connectivity index (χ4v) is 5.52. The summed E-state index contributed by atoms with van der Waals surface area (Å²) in [6.45, 7) is 1.51. The number of aryl methyl sites for hydroxylation is 1. The Morgan fingerprint density at radius 2 is 1.91 bits per heavy atom. The number of hydrogen-bond donors (Lipinski definition) is 2. The van der Waals surface area contributed by atoms with Crippen molar-refractivity contribution < 1.29 is 19.1 Å². The minimum absolute atomic E-state index is 0.0134. The third kappa shape index (κ3) is 5.14. The fraction of sp³-hybridized carbons (Fsp3) is 0.346. The van der Waals surface area contributed by atoms with Gasteiger partial charge in [0.05, 0.1) is 13.0 Å². The van der Waals surface area contributed by atoms with E-state index in [1.807, 2.05) is 42.6 Å². The zero-order valence-electron chi connectivity index (χ0n) is 18.8. The number of para-hydroxylation sites is 1. The lowest BCUT2D eigenvalue weighted by atomic mass is 9.87. The van der Waals surface area contributed by atoms with Crippen LogP contribution >= 0.6 is 11.8 Å². The molecule has 33 heavy (non-hydrogen) atoms. The third-order valence-electron chi connectivity index (χ3n) is 6.37. The minimum Gasteiger partial charge on any atom is -0.467 e. The van der Waals surface area contributed by atoms with Gasteiger partial charge in [0.1, 0.15) is 6.04 Å². The number of thioether (sulfide) groups is 1. The van der Waals surface area contributed by atoms with Crippen molar-refractivity contribution in [2.24, 2.45) is 5.92 Å². The Morgan fingerprint density at radius 3 is 2.70 bits per heavy atom. The zero-order chi connectivity index (χ0) is 23.4. The van der Waals surface area contributed by atoms with Gasteiger partial charge in [0.15, 0.2) is 5.12 Å². The predicted octanol–water partition coefficient (Wildman–Crippen LogP) is 3.99. The van der Waals surface area contributed by atoms with E-state index in [4.69, 9.17) is 4.74 Å². The van der Waals surface area contributed by atoms with E-state index in [9.17, 15) is 14.4 Å². The van der Waals surface area contributed by atoms with Crippen molar-refractivity contribution in [2.45, 2.75) is 38.1 Å². The van der Waals surface area contributed by atoms with Crippen molar-refractivity contribution in [3.8, 4) is 0 Å². The lowest BCUT2D eigenvalue weighted by molar-refractivity contribution is -0.145. The molecule has 1 aromatic heterocycles. The maximum absolute atomic E-state index is 13.5. The number of nitrogens with one attached hydrogen (secondary N) is 2. The van der Waals surface area contributed by atoms with Crippen LogP contribution in [0.15, 0.2) is 54.7 Å². The summed E-state index contributed by atoms with van der Waals surface area (Å²) in [6, 6.07) is 15.2. The molecule has 0 saturated heterocycles. The van der Waals surface area contributed by atoms with Gasteiger partial charge in [-0.05, 0) is 41.5 Å². The first kappa shape index (κ1) is 23.1. The smallest absolute Gasteiger partial charge is 0.328 e. The van der Waals surface area contributed by atoms with Crippen LogP contribution in [0.4, 0.5) is 0 Å². The fourth-order valence-electron chi connectivity index (χ4n) is 4.72. The summed E-state index contributed by atoms with van der Waals surface area (Å²) in [5.41, 5.74) is 4.31. The van der Waals surface area contributed by atoms with Gasteiger partial charge in [-0.2, -0.15) is 0 Å². The van der Waals surface area contributed by atoms with E-state index in [2.05, 4.69) is 22.4 Å². The highest BCUT2D eigenvalue weighted by Crippen LogP contribution is 2.40. The summed E-state index contributed by atoms with van der Waals surface area (Å²) in [7, 11) is 1.33. The van der Waals surface area contributed by atoms with Gasteiger partial charge < -0.3 is 15.0 Å². The number of carbonyl (C=O) groups excluding carboxylic acids is 3. The van der Waals surface area contributed by atoms with E-state index >= 15 is 0 Å². The molecule has 2 N–H and O–H groups in total. The second-order valence-electron chi connectivity index (χ2n) is 8.40. The number of benzene rings is 2. The van der Waals surface area contributed by atoms with Crippen LogP contribution in [-0.4, -0.2) is 40.9 Å². The highest BCUT2D eigenvalue weighted by molar-refractivity contribution is 8.13. The van der Waals surface area contributed by atoms with Crippen molar-refractivity contribution in [1.82, 2.24) is 10.3 Å². The second kappa shape index (κ2) is 10.3. The van der Waals surface area contributed by atoms with Crippen molar-refractivity contribution in [2.75, 3.05) is 12.9 Å². The summed E-state index contributed by atoms with van der Waals surface area (Å²) >= 11 is 1.16. The van der Waals surface area contributed by atoms with E-state index in [0.717, 1.165) is 46.6 Å². The van der Waals surface area contributed by atoms with E-state index < -0.39 is 17.9 Å². The molecule has 1 aliphatic carbocycles. The van der Waals surface area contributed by atoms with Crippen LogP contribution in [0.1, 0.15) is 36.0 Å². The molecule has 0 radical (unpaired) electrons. The first-order valence-electron chi connectivity index (χ1n) is 11.1. The molecule has 3 aromatic rings. The summed E-state index contributed by atoms with van der Waals surface area (Å²) in [5, 5.41) is 3.93. The van der Waals surface area contributed by atoms with E-state index in [1.165, 1.54) is 19.6 Å². The molecule has 0 spiro atoms. The lowest BCUT2D eigenvalue weighted by Crippen LogP contribution is -2.47. The zero-order valence-corrected chi connectivity index (χ0v) is 19.6. The molecule has 6 nitrogen and oxygen atoms in total. The molecule has 172 valence electrons. The molecular weight excluding hydrogens is 436 g/mol. The number of ether oxygens (including phenoxy) is 1. The average Bonchev–Trinajstić information content (AvgIpc) is 3.43. The quantitative estimate of drug-likeness (QED) is 0.492. The van der Waals surface area contributed by atoms with Crippen molar-refractivity contribution in [3.63, 3.8) is 0 Å². The SMILES string of the molecule is COC(=O)C(Cc1c[nH]c2ccccc12)NC(=O)C(CSC(C)=O)C1CCc2ccccc21. The highest BCUT2D eigenvalue weighted by atomic mass is 32.2. The number of H-pyrrole nitrogens is 1. The Balaban J connectivity index is 1.57. The molecule has 7 heteroatoms. The van der Waals surface area contributed by atoms with E-state index in [0.29, 0.717) is 12.2 Å². The number of esters is 1. The summed E-state index contributed by atoms with van der Waals surface area (Å²) in [4.78, 5) is 41.0. The molecule has 1 aliphatic rings. The monoisotopic (exact) mass is 464 g/mol. The Bertz CT molecular complexity index is 1170. The third-order valence-corrected chi connectivity index (χ3v) is 7.30. The molecule has 1 heterocycles. The van der Waals surface area contributed by atoms with Crippen LogP contribution in [0.3, 0.4) is 0 Å². The molecule has 2 aromatic carbocycles. The van der Waals surface area contributed by atoms with Gasteiger partial charge >= 0.3 is 5.97 Å². The standard InChI is InChI=1S/C26H28N2O4S/c1-16(29)33-15-22(21-12-11-17-7-3-4-8-19(17)21)25(30)28-24(26(31)32-2)13-18-14-27-23-10-6-5-9-20(18)23/h3-10,14,21-22,24,27H,11-13,15H2,1-2H3,(H,28,30). The van der Waals surface area contributed by atoms with Gasteiger partial charge in [0.25, 0.3) is 0 Å². The maximum atomic E-state index is 13.5. The van der Waals surface area contributed by atoms with Crippen molar-refractivity contribution in [1.29, 1.82) is 0 Å². The Hall–Kier alpha value is -3.06. The lowest BCUT2D eigenvalue weighted by Gasteiger charge is -2.25. The van der Waals surface area contributed by atoms with Gasteiger partial charge in [-0.1, -0.05) is 54.2 Å². The highest BCUT2D eigenvalue weighted by Gasteiger charge is 2.36. The molecule has 1 amide bonds. The minimum atomic E-state index is -0.816. The second-order valence-corrected chi connectivity index (χ2v) is 9.60. The summed E-state index contributed by atoms with van der Waals surface area (Å²) in [5.74, 6) is -0.738. The van der Waals surface area contributed by atoms with Crippen molar-refractivity contribution >= 4 is 39.7 Å². The largest absolute Gasteiger partial charge is 0.467 e. The van der Waals surface area contributed by atoms with Crippen LogP contribution in [-0.2, 0) is 32.0 Å². The van der Waals surface area contributed by atoms with Gasteiger partial charge in [0.2, 0.25) is 5.91 Å². The first-order chi connectivity index (χ1) is 16.0. The Kier molecular flexibility index (Phi) is 7.18. The molecule has 4 rings (SSSR count). The molecule has 0 saturated carbocycles. The first-order valence-corrected chi connectivity index (χ1v) is 12.1. The van der Waals surface area contributed by atoms with Crippen LogP contribution in [0.2, 0.25) is 0 Å². The van der Waals surface area contributed by atoms with Gasteiger partial charge in [-0.25, -0.2) is 4.79 Å². The number of rotatable bonds is 8. The van der Waals surface area contributed by atoms with Crippen molar-refractivity contribution in [3.05, 3.63) is 71.4 Å². The molecule has 0 bridgehead atoms. The van der Waals surface area contributed by atoms with E-state index in [1.54, 1.807) is 0 Å². The summed E-state index contributed by atoms with van der Waals surface area (Å²) < 4.78 is 5.01. The number of aromatic nitrogens is 1. The topological polar surface area (TPSA) is 88.3 Å². The van der Waals surface area contributed by atoms with Crippen LogP contribution in [0.5, 0.6) is 0 Å². The molecule has 0 aliphatic heterocycles. The van der Waals surface area contributed by atoms with Gasteiger partial charge in [0, 0.05) is 36.2 Å². The van der Waals surface area contributed by atoms with Crippen LogP contribution < -0.4 is 5.32 Å². The predicted molar refractivity (Wildman–Crippen MR) is 130 cm³/mol. The number of methoxy groups -OCH3 is 1. The molecular formula is C26H28N2O4S. The number of amides is 1. The number of aromatic amines is 1. The normalized spacial score (nSPS) is 16.7. The molecule has 0 fully saturated rings. The van der Waals surface area contributed by atoms with E-state index in [-0.39, 0.29) is 16.9 Å². The summed E-state index contributed by atoms with van der Waals surface area (Å²) in [6.07, 6.45) is 3.94. The van der Waals surface area contributed by atoms with Crippen LogP contribution in [0.25, 0.3) is 10.9 Å². The number of fused-ring (bicyclic) bond motifs is 2. The average molecular weight is 465 g/mol. The molecule has 3 atom stereocenters. The molecule has 3 unspecified atom stereocenters. The van der Waals surface area contributed by atoms with Gasteiger partial charge in [-0.15, -0.1) is 0 Å². The maximum Gasteiger partial charge on any atom is 0.328 e. The van der Waals surface area contributed by atoms with Crippen LogP contribution in [0, 0.1) is 5.92 Å². The number of carbonyl (C=O) groups is 3. The number of hydrogen-bond acceptors (Lipinski definition) is 5. The Labute approximate surface area is 197 Å². The van der Waals surface area contributed by atoms with Gasteiger partial charge in [-0.3, -0.25) is 9.59 Å². The Morgan fingerprint density at radius 1 is 1.15 bits per heavy atom.